The molecule has 23 heavy (non-hydrogen) atoms. The normalized spacial score (nSPS) is 27.6. The summed E-state index contributed by atoms with van der Waals surface area (Å²) in [6.07, 6.45) is -2.16. The number of amides is 1. The van der Waals surface area contributed by atoms with E-state index in [9.17, 15) is 18.0 Å². The molecule has 0 bridgehead atoms. The fourth-order valence-electron chi connectivity index (χ4n) is 3.50. The first-order valence-electron chi connectivity index (χ1n) is 7.50. The highest BCUT2D eigenvalue weighted by atomic mass is 19.3. The molecule has 2 aliphatic rings. The van der Waals surface area contributed by atoms with Crippen LogP contribution in [0.5, 0.6) is 0 Å². The lowest BCUT2D eigenvalue weighted by Crippen LogP contribution is -2.41. The number of halogens is 3. The third kappa shape index (κ3) is 2.29. The Hall–Kier alpha value is -2.07. The van der Waals surface area contributed by atoms with Crippen LogP contribution in [0.15, 0.2) is 18.2 Å². The standard InChI is InChI=1S/C16H16F3N3O/c1-2-16(14(18)19)9-21-4-3-13(22(21)15(16)23)11-5-10(8-20)6-12(17)7-11/h5-7,13-14H,2-4,9H2,1H3. The van der Waals surface area contributed by atoms with Gasteiger partial charge in [0.05, 0.1) is 17.7 Å². The van der Waals surface area contributed by atoms with Gasteiger partial charge in [0.25, 0.3) is 12.3 Å². The topological polar surface area (TPSA) is 47.3 Å². The number of rotatable bonds is 3. The molecular formula is C16H16F3N3O. The monoisotopic (exact) mass is 323 g/mol. The minimum Gasteiger partial charge on any atom is -0.272 e. The minimum absolute atomic E-state index is 0.0169. The number of hydrogen-bond acceptors (Lipinski definition) is 3. The summed E-state index contributed by atoms with van der Waals surface area (Å²) >= 11 is 0. The van der Waals surface area contributed by atoms with Gasteiger partial charge >= 0.3 is 0 Å². The molecule has 3 rings (SSSR count). The van der Waals surface area contributed by atoms with Gasteiger partial charge in [0.2, 0.25) is 0 Å². The number of hydrogen-bond donors (Lipinski definition) is 0. The maximum atomic E-state index is 13.7. The van der Waals surface area contributed by atoms with Crippen LogP contribution in [0.2, 0.25) is 0 Å². The molecule has 4 nitrogen and oxygen atoms in total. The van der Waals surface area contributed by atoms with Crippen LogP contribution in [0.25, 0.3) is 0 Å². The molecular weight excluding hydrogens is 307 g/mol. The van der Waals surface area contributed by atoms with Crippen LogP contribution >= 0.6 is 0 Å². The summed E-state index contributed by atoms with van der Waals surface area (Å²) < 4.78 is 40.6. The lowest BCUT2D eigenvalue weighted by Gasteiger charge is -2.27. The Morgan fingerprint density at radius 2 is 2.17 bits per heavy atom. The van der Waals surface area contributed by atoms with Crippen molar-refractivity contribution in [1.29, 1.82) is 5.26 Å². The molecule has 0 radical (unpaired) electrons. The maximum Gasteiger partial charge on any atom is 0.254 e. The molecule has 0 N–H and O–H groups in total. The molecule has 7 heteroatoms. The maximum absolute atomic E-state index is 13.7. The Balaban J connectivity index is 1.98. The van der Waals surface area contributed by atoms with Crippen molar-refractivity contribution >= 4 is 5.91 Å². The summed E-state index contributed by atoms with van der Waals surface area (Å²) in [7, 11) is 0. The SMILES string of the molecule is CCC1(C(F)F)CN2CCC(c3cc(F)cc(C#N)c3)N2C1=O. The Labute approximate surface area is 132 Å². The second kappa shape index (κ2) is 5.53. The number of carbonyl (C=O) groups excluding carboxylic acids is 1. The molecule has 2 atom stereocenters. The van der Waals surface area contributed by atoms with E-state index in [4.69, 9.17) is 5.26 Å². The first kappa shape index (κ1) is 15.8. The summed E-state index contributed by atoms with van der Waals surface area (Å²) in [5, 5.41) is 11.9. The summed E-state index contributed by atoms with van der Waals surface area (Å²) in [4.78, 5) is 12.7. The third-order valence-electron chi connectivity index (χ3n) is 4.84. The summed E-state index contributed by atoms with van der Waals surface area (Å²) in [5.41, 5.74) is -1.07. The first-order valence-corrected chi connectivity index (χ1v) is 7.50. The van der Waals surface area contributed by atoms with Crippen molar-refractivity contribution in [3.05, 3.63) is 35.1 Å². The molecule has 0 aromatic heterocycles. The van der Waals surface area contributed by atoms with Crippen molar-refractivity contribution < 1.29 is 18.0 Å². The van der Waals surface area contributed by atoms with Crippen LogP contribution in [-0.4, -0.2) is 35.4 Å². The van der Waals surface area contributed by atoms with Crippen molar-refractivity contribution in [2.75, 3.05) is 13.1 Å². The zero-order valence-corrected chi connectivity index (χ0v) is 12.6. The molecule has 2 fully saturated rings. The quantitative estimate of drug-likeness (QED) is 0.859. The van der Waals surface area contributed by atoms with E-state index in [1.807, 2.05) is 6.07 Å². The van der Waals surface area contributed by atoms with E-state index >= 15 is 0 Å². The summed E-state index contributed by atoms with van der Waals surface area (Å²) in [6, 6.07) is 5.25. The van der Waals surface area contributed by atoms with E-state index in [0.717, 1.165) is 6.07 Å². The molecule has 0 aliphatic carbocycles. The second-order valence-corrected chi connectivity index (χ2v) is 6.04. The van der Waals surface area contributed by atoms with Gasteiger partial charge in [-0.3, -0.25) is 9.80 Å². The number of carbonyl (C=O) groups is 1. The number of alkyl halides is 2. The van der Waals surface area contributed by atoms with Crippen molar-refractivity contribution in [3.63, 3.8) is 0 Å². The molecule has 0 saturated carbocycles. The fraction of sp³-hybridized carbons (Fsp3) is 0.500. The number of nitrogens with zero attached hydrogens (tertiary/aromatic N) is 3. The van der Waals surface area contributed by atoms with E-state index in [0.29, 0.717) is 18.5 Å². The van der Waals surface area contributed by atoms with Crippen LogP contribution in [0.4, 0.5) is 13.2 Å². The number of hydrazine groups is 1. The molecule has 2 unspecified atom stereocenters. The lowest BCUT2D eigenvalue weighted by atomic mass is 9.84. The Kier molecular flexibility index (Phi) is 3.80. The highest BCUT2D eigenvalue weighted by Gasteiger charge is 2.59. The molecule has 1 aromatic rings. The fourth-order valence-corrected chi connectivity index (χ4v) is 3.50. The molecule has 0 spiro atoms. The van der Waals surface area contributed by atoms with Gasteiger partial charge in [-0.1, -0.05) is 6.92 Å². The minimum atomic E-state index is -2.74. The van der Waals surface area contributed by atoms with E-state index < -0.39 is 29.6 Å². The van der Waals surface area contributed by atoms with Crippen molar-refractivity contribution in [1.82, 2.24) is 10.0 Å². The van der Waals surface area contributed by atoms with Crippen molar-refractivity contribution in [2.45, 2.75) is 32.2 Å². The molecule has 1 aromatic carbocycles. The van der Waals surface area contributed by atoms with Gasteiger partial charge in [-0.25, -0.2) is 18.2 Å². The Morgan fingerprint density at radius 1 is 1.43 bits per heavy atom. The average Bonchev–Trinajstić information content (AvgIpc) is 3.05. The largest absolute Gasteiger partial charge is 0.272 e. The van der Waals surface area contributed by atoms with Crippen LogP contribution in [0.1, 0.15) is 36.9 Å². The molecule has 122 valence electrons. The van der Waals surface area contributed by atoms with Crippen LogP contribution in [-0.2, 0) is 4.79 Å². The van der Waals surface area contributed by atoms with Gasteiger partial charge < -0.3 is 0 Å². The van der Waals surface area contributed by atoms with Gasteiger partial charge in [-0.15, -0.1) is 0 Å². The third-order valence-corrected chi connectivity index (χ3v) is 4.84. The van der Waals surface area contributed by atoms with Gasteiger partial charge in [0.15, 0.2) is 0 Å². The van der Waals surface area contributed by atoms with E-state index in [1.54, 1.807) is 11.9 Å². The predicted molar refractivity (Wildman–Crippen MR) is 75.6 cm³/mol. The highest BCUT2D eigenvalue weighted by Crippen LogP contribution is 2.46. The highest BCUT2D eigenvalue weighted by molar-refractivity contribution is 5.85. The lowest BCUT2D eigenvalue weighted by molar-refractivity contribution is -0.148. The van der Waals surface area contributed by atoms with Crippen molar-refractivity contribution in [3.8, 4) is 6.07 Å². The smallest absolute Gasteiger partial charge is 0.254 e. The van der Waals surface area contributed by atoms with E-state index in [2.05, 4.69) is 0 Å². The molecule has 2 heterocycles. The van der Waals surface area contributed by atoms with Crippen LogP contribution in [0.3, 0.4) is 0 Å². The number of benzene rings is 1. The Morgan fingerprint density at radius 3 is 2.78 bits per heavy atom. The van der Waals surface area contributed by atoms with Gasteiger partial charge in [-0.05, 0) is 36.6 Å². The molecule has 2 aliphatic heterocycles. The Bertz CT molecular complexity index is 688. The average molecular weight is 323 g/mol. The van der Waals surface area contributed by atoms with E-state index in [-0.39, 0.29) is 18.5 Å². The summed E-state index contributed by atoms with van der Waals surface area (Å²) in [6.45, 7) is 2.03. The molecule has 2 saturated heterocycles. The predicted octanol–water partition coefficient (Wildman–Crippen LogP) is 2.86. The zero-order valence-electron chi connectivity index (χ0n) is 12.6. The summed E-state index contributed by atoms with van der Waals surface area (Å²) in [5.74, 6) is -1.18. The number of fused-ring (bicyclic) bond motifs is 1. The van der Waals surface area contributed by atoms with Gasteiger partial charge in [0.1, 0.15) is 11.2 Å². The van der Waals surface area contributed by atoms with Gasteiger partial charge in [0, 0.05) is 13.1 Å². The van der Waals surface area contributed by atoms with Crippen molar-refractivity contribution in [2.24, 2.45) is 5.41 Å². The van der Waals surface area contributed by atoms with Crippen LogP contribution in [0, 0.1) is 22.6 Å². The van der Waals surface area contributed by atoms with Crippen LogP contribution < -0.4 is 0 Å². The molecule has 1 amide bonds. The van der Waals surface area contributed by atoms with E-state index in [1.165, 1.54) is 17.1 Å². The van der Waals surface area contributed by atoms with Gasteiger partial charge in [-0.2, -0.15) is 5.26 Å². The zero-order chi connectivity index (χ0) is 16.8. The first-order chi connectivity index (χ1) is 10.9. The number of nitriles is 1. The second-order valence-electron chi connectivity index (χ2n) is 6.04.